The van der Waals surface area contributed by atoms with Gasteiger partial charge in [-0.2, -0.15) is 0 Å². The summed E-state index contributed by atoms with van der Waals surface area (Å²) in [6, 6.07) is 6.10. The highest BCUT2D eigenvalue weighted by molar-refractivity contribution is 5.85. The molecule has 1 aromatic rings. The van der Waals surface area contributed by atoms with Gasteiger partial charge in [-0.15, -0.1) is 12.4 Å². The molecule has 0 amide bonds. The van der Waals surface area contributed by atoms with Crippen LogP contribution in [0.3, 0.4) is 0 Å². The topological polar surface area (TPSA) is 39.7 Å². The van der Waals surface area contributed by atoms with E-state index in [0.717, 1.165) is 44.2 Å². The Morgan fingerprint density at radius 2 is 1.67 bits per heavy atom. The fraction of sp³-hybridized carbons (Fsp3) is 0.625. The third-order valence-electron chi connectivity index (χ3n) is 2.78. The Hall–Kier alpha value is -0.970. The molecule has 21 heavy (non-hydrogen) atoms. The molecule has 0 fully saturated rings. The number of halogens is 1. The highest BCUT2D eigenvalue weighted by Crippen LogP contribution is 2.28. The van der Waals surface area contributed by atoms with Gasteiger partial charge in [-0.1, -0.05) is 6.07 Å². The van der Waals surface area contributed by atoms with Gasteiger partial charge in [0.05, 0.1) is 13.2 Å². The second-order valence-electron chi connectivity index (χ2n) is 4.37. The van der Waals surface area contributed by atoms with Crippen LogP contribution >= 0.6 is 12.4 Å². The van der Waals surface area contributed by atoms with Gasteiger partial charge in [-0.25, -0.2) is 0 Å². The maximum Gasteiger partial charge on any atom is 0.161 e. The molecule has 0 aliphatic heterocycles. The number of hydrogen-bond acceptors (Lipinski definition) is 4. The van der Waals surface area contributed by atoms with Crippen molar-refractivity contribution >= 4 is 12.4 Å². The highest BCUT2D eigenvalue weighted by atomic mass is 35.5. The quantitative estimate of drug-likeness (QED) is 0.635. The SMILES string of the molecule is CCOCCCNCc1ccc(OCC)c(OCC)c1.Cl. The average molecular weight is 318 g/mol. The van der Waals surface area contributed by atoms with E-state index in [1.54, 1.807) is 0 Å². The molecule has 0 atom stereocenters. The van der Waals surface area contributed by atoms with E-state index in [0.29, 0.717) is 13.2 Å². The fourth-order valence-corrected chi connectivity index (χ4v) is 1.88. The maximum atomic E-state index is 5.62. The molecular formula is C16H28ClNO3. The van der Waals surface area contributed by atoms with Crippen LogP contribution in [0.2, 0.25) is 0 Å². The van der Waals surface area contributed by atoms with Gasteiger partial charge in [0.1, 0.15) is 0 Å². The van der Waals surface area contributed by atoms with E-state index in [9.17, 15) is 0 Å². The van der Waals surface area contributed by atoms with Crippen molar-refractivity contribution in [3.8, 4) is 11.5 Å². The Bertz CT molecular complexity index is 375. The number of rotatable bonds is 11. The minimum atomic E-state index is 0. The molecule has 0 aromatic heterocycles. The first-order valence-electron chi connectivity index (χ1n) is 7.48. The monoisotopic (exact) mass is 317 g/mol. The van der Waals surface area contributed by atoms with Crippen LogP contribution in [0.5, 0.6) is 11.5 Å². The molecule has 0 saturated carbocycles. The number of nitrogens with one attached hydrogen (secondary N) is 1. The molecule has 0 bridgehead atoms. The normalized spacial score (nSPS) is 10.0. The van der Waals surface area contributed by atoms with Crippen LogP contribution in [-0.4, -0.2) is 33.0 Å². The van der Waals surface area contributed by atoms with E-state index < -0.39 is 0 Å². The van der Waals surface area contributed by atoms with E-state index in [4.69, 9.17) is 14.2 Å². The van der Waals surface area contributed by atoms with E-state index >= 15 is 0 Å². The largest absolute Gasteiger partial charge is 0.490 e. The van der Waals surface area contributed by atoms with Crippen molar-refractivity contribution in [2.45, 2.75) is 33.7 Å². The van der Waals surface area contributed by atoms with Gasteiger partial charge < -0.3 is 19.5 Å². The van der Waals surface area contributed by atoms with Crippen molar-refractivity contribution in [1.82, 2.24) is 5.32 Å². The number of ether oxygens (including phenoxy) is 3. The summed E-state index contributed by atoms with van der Waals surface area (Å²) in [7, 11) is 0. The van der Waals surface area contributed by atoms with Gasteiger partial charge in [0, 0.05) is 19.8 Å². The first-order chi connectivity index (χ1) is 9.81. The zero-order valence-electron chi connectivity index (χ0n) is 13.3. The predicted octanol–water partition coefficient (Wildman–Crippen LogP) is 3.42. The van der Waals surface area contributed by atoms with E-state index in [1.807, 2.05) is 32.9 Å². The van der Waals surface area contributed by atoms with Crippen molar-refractivity contribution in [3.63, 3.8) is 0 Å². The summed E-state index contributed by atoms with van der Waals surface area (Å²) in [6.45, 7) is 10.7. The summed E-state index contributed by atoms with van der Waals surface area (Å²) < 4.78 is 16.5. The average Bonchev–Trinajstić information content (AvgIpc) is 2.46. The lowest BCUT2D eigenvalue weighted by molar-refractivity contribution is 0.144. The molecule has 0 unspecified atom stereocenters. The second kappa shape index (κ2) is 12.7. The van der Waals surface area contributed by atoms with Crippen LogP contribution in [-0.2, 0) is 11.3 Å². The maximum absolute atomic E-state index is 5.62. The lowest BCUT2D eigenvalue weighted by atomic mass is 10.2. The van der Waals surface area contributed by atoms with Crippen LogP contribution < -0.4 is 14.8 Å². The Kier molecular flexibility index (Phi) is 12.2. The molecule has 1 rings (SSSR count). The minimum absolute atomic E-state index is 0. The molecule has 0 spiro atoms. The summed E-state index contributed by atoms with van der Waals surface area (Å²) in [4.78, 5) is 0. The van der Waals surface area contributed by atoms with Gasteiger partial charge in [-0.05, 0) is 51.4 Å². The van der Waals surface area contributed by atoms with E-state index in [1.165, 1.54) is 5.56 Å². The fourth-order valence-electron chi connectivity index (χ4n) is 1.88. The minimum Gasteiger partial charge on any atom is -0.490 e. The van der Waals surface area contributed by atoms with Crippen LogP contribution in [0, 0.1) is 0 Å². The Morgan fingerprint density at radius 3 is 2.33 bits per heavy atom. The third-order valence-corrected chi connectivity index (χ3v) is 2.78. The Balaban J connectivity index is 0.00000400. The van der Waals surface area contributed by atoms with Crippen LogP contribution in [0.15, 0.2) is 18.2 Å². The van der Waals surface area contributed by atoms with Crippen molar-refractivity contribution in [2.75, 3.05) is 33.0 Å². The second-order valence-corrected chi connectivity index (χ2v) is 4.37. The molecule has 1 N–H and O–H groups in total. The van der Waals surface area contributed by atoms with Crippen LogP contribution in [0.4, 0.5) is 0 Å². The highest BCUT2D eigenvalue weighted by Gasteiger charge is 2.05. The smallest absolute Gasteiger partial charge is 0.161 e. The summed E-state index contributed by atoms with van der Waals surface area (Å²) in [5.41, 5.74) is 1.20. The van der Waals surface area contributed by atoms with E-state index in [-0.39, 0.29) is 12.4 Å². The molecule has 1 aromatic carbocycles. The summed E-state index contributed by atoms with van der Waals surface area (Å²) >= 11 is 0. The molecule has 0 saturated heterocycles. The van der Waals surface area contributed by atoms with Gasteiger partial charge in [0.15, 0.2) is 11.5 Å². The van der Waals surface area contributed by atoms with Gasteiger partial charge in [0.2, 0.25) is 0 Å². The lowest BCUT2D eigenvalue weighted by Crippen LogP contribution is -2.16. The summed E-state index contributed by atoms with van der Waals surface area (Å²) in [6.07, 6.45) is 1.03. The molecule has 0 heterocycles. The molecule has 0 radical (unpaired) electrons. The molecule has 122 valence electrons. The summed E-state index contributed by atoms with van der Waals surface area (Å²) in [5, 5.41) is 3.40. The first kappa shape index (κ1) is 20.0. The Morgan fingerprint density at radius 1 is 0.952 bits per heavy atom. The van der Waals surface area contributed by atoms with Crippen molar-refractivity contribution in [1.29, 1.82) is 0 Å². The van der Waals surface area contributed by atoms with Crippen LogP contribution in [0.25, 0.3) is 0 Å². The van der Waals surface area contributed by atoms with Crippen molar-refractivity contribution in [2.24, 2.45) is 0 Å². The lowest BCUT2D eigenvalue weighted by Gasteiger charge is -2.12. The van der Waals surface area contributed by atoms with Crippen molar-refractivity contribution < 1.29 is 14.2 Å². The van der Waals surface area contributed by atoms with E-state index in [2.05, 4.69) is 11.4 Å². The van der Waals surface area contributed by atoms with Gasteiger partial charge in [0.25, 0.3) is 0 Å². The molecular weight excluding hydrogens is 290 g/mol. The summed E-state index contributed by atoms with van der Waals surface area (Å²) in [5.74, 6) is 1.64. The molecule has 0 aliphatic carbocycles. The zero-order valence-corrected chi connectivity index (χ0v) is 14.1. The number of hydrogen-bond donors (Lipinski definition) is 1. The molecule has 4 nitrogen and oxygen atoms in total. The van der Waals surface area contributed by atoms with Gasteiger partial charge >= 0.3 is 0 Å². The van der Waals surface area contributed by atoms with Crippen LogP contribution in [0.1, 0.15) is 32.8 Å². The third kappa shape index (κ3) is 8.15. The molecule has 5 heteroatoms. The van der Waals surface area contributed by atoms with Gasteiger partial charge in [-0.3, -0.25) is 0 Å². The number of benzene rings is 1. The molecule has 0 aliphatic rings. The van der Waals surface area contributed by atoms with Crippen molar-refractivity contribution in [3.05, 3.63) is 23.8 Å². The Labute approximate surface area is 134 Å². The standard InChI is InChI=1S/C16H27NO3.ClH/c1-4-18-11-7-10-17-13-14-8-9-15(19-5-2)16(12-14)20-6-3;/h8-9,12,17H,4-7,10-11,13H2,1-3H3;1H. The zero-order chi connectivity index (χ0) is 14.6. The predicted molar refractivity (Wildman–Crippen MR) is 88.8 cm³/mol. The first-order valence-corrected chi connectivity index (χ1v) is 7.48.